The van der Waals surface area contributed by atoms with Crippen LogP contribution in [0.1, 0.15) is 46.6 Å². The minimum Gasteiger partial charge on any atom is -0.463 e. The van der Waals surface area contributed by atoms with Gasteiger partial charge in [-0.15, -0.1) is 12.3 Å². The zero-order valence-corrected chi connectivity index (χ0v) is 23.2. The molecule has 1 heterocycles. The normalized spacial score (nSPS) is 18.5. The Morgan fingerprint density at radius 1 is 1.08 bits per heavy atom. The van der Waals surface area contributed by atoms with Crippen LogP contribution in [0.3, 0.4) is 0 Å². The number of anilines is 1. The molecule has 3 atom stereocenters. The van der Waals surface area contributed by atoms with E-state index < -0.39 is 41.8 Å². The van der Waals surface area contributed by atoms with Crippen LogP contribution in [-0.4, -0.2) is 74.8 Å². The number of carbonyl (C=O) groups is 4. The second-order valence-electron chi connectivity index (χ2n) is 8.72. The maximum atomic E-state index is 13.3. The molecule has 11 nitrogen and oxygen atoms in total. The fraction of sp³-hybridized carbons (Fsp3) is 0.571. The number of nitrogens with zero attached hydrogens (tertiary/aromatic N) is 1. The Balaban J connectivity index is 2.37. The molecule has 3 unspecified atom stereocenters. The molecule has 1 aliphatic rings. The van der Waals surface area contributed by atoms with Crippen molar-refractivity contribution in [2.45, 2.75) is 65.5 Å². The number of terminal acetylenes is 1. The lowest BCUT2D eigenvalue weighted by molar-refractivity contribution is -0.200. The van der Waals surface area contributed by atoms with Crippen LogP contribution < -0.4 is 10.2 Å². The second kappa shape index (κ2) is 15.1. The van der Waals surface area contributed by atoms with Crippen LogP contribution in [0.2, 0.25) is 0 Å². The Bertz CT molecular complexity index is 1020. The van der Waals surface area contributed by atoms with E-state index in [4.69, 9.17) is 30.1 Å². The van der Waals surface area contributed by atoms with Gasteiger partial charge in [-0.05, 0) is 45.4 Å². The number of urea groups is 1. The number of esters is 3. The summed E-state index contributed by atoms with van der Waals surface area (Å²) in [7, 11) is 0. The smallest absolute Gasteiger partial charge is 0.350 e. The van der Waals surface area contributed by atoms with Gasteiger partial charge in [0.05, 0.1) is 31.8 Å². The van der Waals surface area contributed by atoms with Crippen LogP contribution in [0, 0.1) is 18.3 Å². The molecule has 214 valence electrons. The quantitative estimate of drug-likeness (QED) is 0.172. The molecule has 1 aliphatic heterocycles. The average molecular weight is 547 g/mol. The zero-order valence-electron chi connectivity index (χ0n) is 23.2. The lowest BCUT2D eigenvalue weighted by Crippen LogP contribution is -2.54. The SMILES string of the molecule is C#CC1CC(OC(C)=O)OC1COC(Cc1ccc(N(CC)C(=O)NCC)cc1)(C(=O)OCC)C(=O)OCC. The van der Waals surface area contributed by atoms with Crippen molar-refractivity contribution in [2.75, 3.05) is 37.8 Å². The number of hydrogen-bond donors (Lipinski definition) is 1. The van der Waals surface area contributed by atoms with Crippen LogP contribution >= 0.6 is 0 Å². The van der Waals surface area contributed by atoms with Gasteiger partial charge in [-0.1, -0.05) is 12.1 Å². The van der Waals surface area contributed by atoms with Crippen molar-refractivity contribution >= 4 is 29.6 Å². The average Bonchev–Trinajstić information content (AvgIpc) is 3.29. The molecule has 2 rings (SSSR count). The zero-order chi connectivity index (χ0) is 29.0. The summed E-state index contributed by atoms with van der Waals surface area (Å²) in [5.41, 5.74) is -0.955. The van der Waals surface area contributed by atoms with Gasteiger partial charge in [0.1, 0.15) is 0 Å². The number of rotatable bonds is 13. The van der Waals surface area contributed by atoms with E-state index in [9.17, 15) is 19.2 Å². The van der Waals surface area contributed by atoms with Crippen molar-refractivity contribution in [1.82, 2.24) is 5.32 Å². The van der Waals surface area contributed by atoms with Gasteiger partial charge in [0.2, 0.25) is 6.29 Å². The summed E-state index contributed by atoms with van der Waals surface area (Å²) in [6.45, 7) is 8.83. The van der Waals surface area contributed by atoms with Crippen molar-refractivity contribution in [2.24, 2.45) is 5.92 Å². The molecule has 0 bridgehead atoms. The molecule has 39 heavy (non-hydrogen) atoms. The van der Waals surface area contributed by atoms with Crippen LogP contribution in [0.25, 0.3) is 0 Å². The van der Waals surface area contributed by atoms with Crippen LogP contribution in [0.5, 0.6) is 0 Å². The summed E-state index contributed by atoms with van der Waals surface area (Å²) in [5, 5.41) is 2.76. The van der Waals surface area contributed by atoms with Gasteiger partial charge in [-0.2, -0.15) is 0 Å². The Kier molecular flexibility index (Phi) is 12.2. The maximum Gasteiger partial charge on any atom is 0.350 e. The van der Waals surface area contributed by atoms with E-state index in [1.54, 1.807) is 43.0 Å². The molecule has 2 amide bonds. The fourth-order valence-corrected chi connectivity index (χ4v) is 4.18. The first kappa shape index (κ1) is 31.6. The molecule has 1 fully saturated rings. The first-order valence-corrected chi connectivity index (χ1v) is 13.1. The fourth-order valence-electron chi connectivity index (χ4n) is 4.18. The van der Waals surface area contributed by atoms with E-state index in [-0.39, 0.29) is 38.7 Å². The molecule has 1 aromatic rings. The minimum atomic E-state index is -2.15. The maximum absolute atomic E-state index is 13.3. The van der Waals surface area contributed by atoms with Gasteiger partial charge in [-0.3, -0.25) is 9.69 Å². The highest BCUT2D eigenvalue weighted by molar-refractivity contribution is 6.04. The van der Waals surface area contributed by atoms with Gasteiger partial charge in [0, 0.05) is 38.5 Å². The third kappa shape index (κ3) is 8.18. The first-order valence-electron chi connectivity index (χ1n) is 13.1. The third-order valence-electron chi connectivity index (χ3n) is 6.03. The summed E-state index contributed by atoms with van der Waals surface area (Å²) in [4.78, 5) is 51.9. The van der Waals surface area contributed by atoms with Gasteiger partial charge >= 0.3 is 23.9 Å². The van der Waals surface area contributed by atoms with Crippen LogP contribution in [-0.2, 0) is 44.5 Å². The molecule has 1 N–H and O–H groups in total. The summed E-state index contributed by atoms with van der Waals surface area (Å²) in [6.07, 6.45) is 4.07. The largest absolute Gasteiger partial charge is 0.463 e. The number of amides is 2. The van der Waals surface area contributed by atoms with E-state index in [2.05, 4.69) is 11.2 Å². The topological polar surface area (TPSA) is 130 Å². The Labute approximate surface area is 229 Å². The summed E-state index contributed by atoms with van der Waals surface area (Å²) >= 11 is 0. The highest BCUT2D eigenvalue weighted by atomic mass is 16.7. The Morgan fingerprint density at radius 3 is 2.18 bits per heavy atom. The minimum absolute atomic E-state index is 0.00171. The summed E-state index contributed by atoms with van der Waals surface area (Å²) in [6, 6.07) is 6.58. The number of carbonyl (C=O) groups excluding carboxylic acids is 4. The molecule has 0 saturated carbocycles. The standard InChI is InChI=1S/C28H38N2O9/c1-7-21-16-24(38-19(6)31)39-23(21)18-37-28(25(32)35-10-4,26(33)36-11-5)17-20-12-14-22(15-13-20)30(9-3)27(34)29-8-2/h1,12-15,21,23-24H,8-11,16-18H2,2-6H3,(H,29,34). The second-order valence-corrected chi connectivity index (χ2v) is 8.72. The van der Waals surface area contributed by atoms with Gasteiger partial charge in [0.15, 0.2) is 0 Å². The predicted molar refractivity (Wildman–Crippen MR) is 142 cm³/mol. The highest BCUT2D eigenvalue weighted by Crippen LogP contribution is 2.31. The van der Waals surface area contributed by atoms with E-state index in [1.165, 1.54) is 6.92 Å². The molecule has 0 radical (unpaired) electrons. The third-order valence-corrected chi connectivity index (χ3v) is 6.03. The lowest BCUT2D eigenvalue weighted by atomic mass is 9.93. The summed E-state index contributed by atoms with van der Waals surface area (Å²) < 4.78 is 27.4. The lowest BCUT2D eigenvalue weighted by Gasteiger charge is -2.31. The van der Waals surface area contributed by atoms with Crippen molar-refractivity contribution in [3.8, 4) is 12.3 Å². The highest BCUT2D eigenvalue weighted by Gasteiger charge is 2.52. The number of benzene rings is 1. The van der Waals surface area contributed by atoms with Crippen LogP contribution in [0.15, 0.2) is 24.3 Å². The number of hydrogen-bond acceptors (Lipinski definition) is 9. The predicted octanol–water partition coefficient (Wildman–Crippen LogP) is 2.59. The number of nitrogens with one attached hydrogen (secondary N) is 1. The van der Waals surface area contributed by atoms with Crippen molar-refractivity contribution in [3.05, 3.63) is 29.8 Å². The summed E-state index contributed by atoms with van der Waals surface area (Å²) in [5.74, 6) is -0.260. The van der Waals surface area contributed by atoms with Gasteiger partial charge in [0.25, 0.3) is 5.60 Å². The molecule has 1 aromatic carbocycles. The van der Waals surface area contributed by atoms with Crippen molar-refractivity contribution < 1.29 is 42.9 Å². The van der Waals surface area contributed by atoms with Crippen molar-refractivity contribution in [1.29, 1.82) is 0 Å². The molecule has 0 aliphatic carbocycles. The Hall–Kier alpha value is -3.62. The van der Waals surface area contributed by atoms with Gasteiger partial charge < -0.3 is 29.0 Å². The first-order chi connectivity index (χ1) is 18.6. The van der Waals surface area contributed by atoms with E-state index in [1.807, 2.05) is 13.8 Å². The van der Waals surface area contributed by atoms with E-state index in [0.717, 1.165) is 0 Å². The molecule has 11 heteroatoms. The number of ether oxygens (including phenoxy) is 5. The Morgan fingerprint density at radius 2 is 1.69 bits per heavy atom. The molecule has 0 spiro atoms. The van der Waals surface area contributed by atoms with Gasteiger partial charge in [-0.25, -0.2) is 14.4 Å². The molecule has 1 saturated heterocycles. The van der Waals surface area contributed by atoms with Crippen molar-refractivity contribution in [3.63, 3.8) is 0 Å². The molecular formula is C28H38N2O9. The van der Waals surface area contributed by atoms with E-state index >= 15 is 0 Å². The van der Waals surface area contributed by atoms with Crippen LogP contribution in [0.4, 0.5) is 10.5 Å². The monoisotopic (exact) mass is 546 g/mol. The van der Waals surface area contributed by atoms with E-state index in [0.29, 0.717) is 24.3 Å². The molecular weight excluding hydrogens is 508 g/mol. The molecule has 0 aromatic heterocycles.